The second kappa shape index (κ2) is 7.78. The number of fused-ring (bicyclic) bond motifs is 3. The van der Waals surface area contributed by atoms with Gasteiger partial charge in [-0.25, -0.2) is 9.37 Å². The van der Waals surface area contributed by atoms with Crippen LogP contribution >= 0.6 is 0 Å². The number of benzene rings is 1. The highest BCUT2D eigenvalue weighted by Crippen LogP contribution is 2.22. The fourth-order valence-electron chi connectivity index (χ4n) is 3.35. The van der Waals surface area contributed by atoms with E-state index in [0.717, 1.165) is 44.4 Å². The van der Waals surface area contributed by atoms with Crippen LogP contribution in [0.25, 0.3) is 21.9 Å². The fourth-order valence-corrected chi connectivity index (χ4v) is 3.35. The summed E-state index contributed by atoms with van der Waals surface area (Å²) in [6, 6.07) is 4.44. The number of halogens is 1. The average molecular weight is 344 g/mol. The topological polar surface area (TPSA) is 53.9 Å². The van der Waals surface area contributed by atoms with Crippen molar-refractivity contribution in [2.75, 3.05) is 19.6 Å². The van der Waals surface area contributed by atoms with Gasteiger partial charge in [0, 0.05) is 17.4 Å². The summed E-state index contributed by atoms with van der Waals surface area (Å²) in [6.45, 7) is 8.16. The molecule has 0 aliphatic rings. The van der Waals surface area contributed by atoms with Gasteiger partial charge >= 0.3 is 0 Å². The predicted molar refractivity (Wildman–Crippen MR) is 99.5 cm³/mol. The third-order valence-electron chi connectivity index (χ3n) is 4.49. The molecule has 3 rings (SSSR count). The summed E-state index contributed by atoms with van der Waals surface area (Å²) in [5.41, 5.74) is 1.62. The zero-order valence-corrected chi connectivity index (χ0v) is 14.9. The Morgan fingerprint density at radius 3 is 2.68 bits per heavy atom. The number of rotatable bonds is 8. The van der Waals surface area contributed by atoms with Gasteiger partial charge in [0.25, 0.3) is 5.56 Å². The lowest BCUT2D eigenvalue weighted by Gasteiger charge is -2.20. The summed E-state index contributed by atoms with van der Waals surface area (Å²) in [4.78, 5) is 22.6. The third kappa shape index (κ3) is 3.74. The van der Waals surface area contributed by atoms with Gasteiger partial charge in [0.1, 0.15) is 16.9 Å². The first-order valence-corrected chi connectivity index (χ1v) is 9.02. The van der Waals surface area contributed by atoms with Crippen LogP contribution in [0.3, 0.4) is 0 Å². The van der Waals surface area contributed by atoms with Crippen molar-refractivity contribution >= 4 is 21.9 Å². The molecule has 0 aliphatic heterocycles. The highest BCUT2D eigenvalue weighted by atomic mass is 19.1. The minimum absolute atomic E-state index is 0.0980. The van der Waals surface area contributed by atoms with Crippen LogP contribution in [-0.4, -0.2) is 39.1 Å². The molecule has 2 aromatic heterocycles. The van der Waals surface area contributed by atoms with E-state index in [1.807, 2.05) is 0 Å². The molecule has 6 heteroatoms. The molecule has 134 valence electrons. The lowest BCUT2D eigenvalue weighted by atomic mass is 10.2. The first-order valence-electron chi connectivity index (χ1n) is 9.02. The smallest absolute Gasteiger partial charge is 0.277 e. The van der Waals surface area contributed by atoms with Crippen LogP contribution in [-0.2, 0) is 6.54 Å². The molecule has 5 nitrogen and oxygen atoms in total. The quantitative estimate of drug-likeness (QED) is 0.680. The Kier molecular flexibility index (Phi) is 5.48. The monoisotopic (exact) mass is 344 g/mol. The molecule has 2 heterocycles. The molecule has 0 bridgehead atoms. The van der Waals surface area contributed by atoms with Crippen molar-refractivity contribution in [3.05, 3.63) is 40.7 Å². The summed E-state index contributed by atoms with van der Waals surface area (Å²) in [5.74, 6) is -0.327. The molecule has 1 N–H and O–H groups in total. The fraction of sp³-hybridized carbons (Fsp3) is 0.474. The van der Waals surface area contributed by atoms with E-state index in [1.54, 1.807) is 17.0 Å². The van der Waals surface area contributed by atoms with E-state index in [-0.39, 0.29) is 11.4 Å². The van der Waals surface area contributed by atoms with Gasteiger partial charge in [0.15, 0.2) is 0 Å². The molecule has 0 fully saturated rings. The van der Waals surface area contributed by atoms with E-state index >= 15 is 0 Å². The van der Waals surface area contributed by atoms with Gasteiger partial charge in [0.05, 0.1) is 6.33 Å². The van der Waals surface area contributed by atoms with Crippen LogP contribution in [0.4, 0.5) is 4.39 Å². The molecule has 0 radical (unpaired) electrons. The predicted octanol–water partition coefficient (Wildman–Crippen LogP) is 3.53. The second-order valence-corrected chi connectivity index (χ2v) is 6.48. The molecule has 0 saturated heterocycles. The molecule has 25 heavy (non-hydrogen) atoms. The Morgan fingerprint density at radius 1 is 1.20 bits per heavy atom. The van der Waals surface area contributed by atoms with Crippen molar-refractivity contribution in [2.24, 2.45) is 0 Å². The van der Waals surface area contributed by atoms with Gasteiger partial charge in [-0.1, -0.05) is 13.8 Å². The molecular weight excluding hydrogens is 319 g/mol. The maximum absolute atomic E-state index is 13.5. The van der Waals surface area contributed by atoms with Crippen molar-refractivity contribution in [1.29, 1.82) is 0 Å². The zero-order chi connectivity index (χ0) is 17.8. The Bertz CT molecular complexity index is 909. The molecule has 0 unspecified atom stereocenters. The molecule has 0 spiro atoms. The number of hydrogen-bond donors (Lipinski definition) is 1. The van der Waals surface area contributed by atoms with E-state index in [4.69, 9.17) is 0 Å². The Labute approximate surface area is 146 Å². The SMILES string of the molecule is CCCN(CCC)CCCn1cnc2c([nH]c3ccc(F)cc32)c1=O. The molecule has 3 aromatic rings. The molecule has 1 aromatic carbocycles. The summed E-state index contributed by atoms with van der Waals surface area (Å²) in [6.07, 6.45) is 4.76. The zero-order valence-electron chi connectivity index (χ0n) is 14.9. The number of H-pyrrole nitrogens is 1. The van der Waals surface area contributed by atoms with Gasteiger partial charge in [0.2, 0.25) is 0 Å². The van der Waals surface area contributed by atoms with Crippen LogP contribution in [0.15, 0.2) is 29.3 Å². The lowest BCUT2D eigenvalue weighted by molar-refractivity contribution is 0.265. The Morgan fingerprint density at radius 2 is 1.96 bits per heavy atom. The maximum atomic E-state index is 13.5. The number of aromatic amines is 1. The van der Waals surface area contributed by atoms with Gasteiger partial charge in [-0.3, -0.25) is 9.36 Å². The summed E-state index contributed by atoms with van der Waals surface area (Å²) in [7, 11) is 0. The average Bonchev–Trinajstić information content (AvgIpc) is 2.96. The van der Waals surface area contributed by atoms with Crippen molar-refractivity contribution in [2.45, 2.75) is 39.7 Å². The third-order valence-corrected chi connectivity index (χ3v) is 4.49. The number of nitrogens with one attached hydrogen (secondary N) is 1. The van der Waals surface area contributed by atoms with E-state index in [1.165, 1.54) is 12.1 Å². The molecule has 0 atom stereocenters. The largest absolute Gasteiger partial charge is 0.349 e. The first kappa shape index (κ1) is 17.6. The Balaban J connectivity index is 1.80. The van der Waals surface area contributed by atoms with E-state index < -0.39 is 0 Å². The second-order valence-electron chi connectivity index (χ2n) is 6.48. The number of aromatic nitrogens is 3. The minimum atomic E-state index is -0.327. The van der Waals surface area contributed by atoms with Crippen LogP contribution < -0.4 is 5.56 Å². The van der Waals surface area contributed by atoms with Crippen molar-refractivity contribution < 1.29 is 4.39 Å². The summed E-state index contributed by atoms with van der Waals surface area (Å²) in [5, 5.41) is 0.649. The molecule has 0 saturated carbocycles. The van der Waals surface area contributed by atoms with Crippen LogP contribution in [0.1, 0.15) is 33.1 Å². The molecule has 0 amide bonds. The van der Waals surface area contributed by atoms with Crippen molar-refractivity contribution in [1.82, 2.24) is 19.4 Å². The lowest BCUT2D eigenvalue weighted by Crippen LogP contribution is -2.29. The molecular formula is C19H25FN4O. The number of aryl methyl sites for hydroxylation is 1. The van der Waals surface area contributed by atoms with Gasteiger partial charge in [-0.2, -0.15) is 0 Å². The standard InChI is InChI=1S/C19H25FN4O/c1-3-8-23(9-4-2)10-5-11-24-13-21-17-15-12-14(20)6-7-16(15)22-18(17)19(24)25/h6-7,12-13,22H,3-5,8-11H2,1-2H3. The van der Waals surface area contributed by atoms with Crippen LogP contribution in [0, 0.1) is 5.82 Å². The van der Waals surface area contributed by atoms with E-state index in [0.29, 0.717) is 23.0 Å². The normalized spacial score (nSPS) is 11.8. The van der Waals surface area contributed by atoms with Gasteiger partial charge in [-0.05, 0) is 57.1 Å². The van der Waals surface area contributed by atoms with Crippen molar-refractivity contribution in [3.63, 3.8) is 0 Å². The molecule has 0 aliphatic carbocycles. The number of nitrogens with zero attached hydrogens (tertiary/aromatic N) is 3. The van der Waals surface area contributed by atoms with Gasteiger partial charge in [-0.15, -0.1) is 0 Å². The Hall–Kier alpha value is -2.21. The summed E-state index contributed by atoms with van der Waals surface area (Å²) < 4.78 is 15.1. The van der Waals surface area contributed by atoms with Crippen LogP contribution in [0.2, 0.25) is 0 Å². The van der Waals surface area contributed by atoms with Crippen LogP contribution in [0.5, 0.6) is 0 Å². The van der Waals surface area contributed by atoms with E-state index in [2.05, 4.69) is 28.7 Å². The summed E-state index contributed by atoms with van der Waals surface area (Å²) >= 11 is 0. The maximum Gasteiger partial charge on any atom is 0.277 e. The highest BCUT2D eigenvalue weighted by molar-refractivity contribution is 6.04. The number of hydrogen-bond acceptors (Lipinski definition) is 3. The van der Waals surface area contributed by atoms with Gasteiger partial charge < -0.3 is 9.88 Å². The highest BCUT2D eigenvalue weighted by Gasteiger charge is 2.11. The van der Waals surface area contributed by atoms with Crippen molar-refractivity contribution in [3.8, 4) is 0 Å². The minimum Gasteiger partial charge on any atom is -0.349 e. The van der Waals surface area contributed by atoms with E-state index in [9.17, 15) is 9.18 Å². The first-order chi connectivity index (χ1) is 12.1.